The molecule has 2 rings (SSSR count). The molecule has 3 N–H and O–H groups in total. The zero-order valence-electron chi connectivity index (χ0n) is 13.7. The number of nitrogens with zero attached hydrogens (tertiary/aromatic N) is 1. The molecule has 126 valence electrons. The first-order valence-electron chi connectivity index (χ1n) is 8.29. The molecular weight excluding hydrogens is 290 g/mol. The van der Waals surface area contributed by atoms with Gasteiger partial charge in [0, 0.05) is 44.4 Å². The van der Waals surface area contributed by atoms with Gasteiger partial charge in [-0.2, -0.15) is 0 Å². The van der Waals surface area contributed by atoms with Crippen LogP contribution in [0.4, 0.5) is 10.5 Å². The van der Waals surface area contributed by atoms with Crippen LogP contribution in [0.1, 0.15) is 19.3 Å². The van der Waals surface area contributed by atoms with Crippen molar-refractivity contribution in [3.8, 4) is 0 Å². The zero-order valence-corrected chi connectivity index (χ0v) is 13.7. The number of para-hydroxylation sites is 1. The number of benzene rings is 1. The normalized spacial score (nSPS) is 19.6. The van der Waals surface area contributed by atoms with Crippen LogP contribution in [0.25, 0.3) is 0 Å². The highest BCUT2D eigenvalue weighted by Gasteiger charge is 2.19. The van der Waals surface area contributed by atoms with Crippen LogP contribution in [-0.4, -0.2) is 43.9 Å². The third-order valence-corrected chi connectivity index (χ3v) is 4.13. The minimum atomic E-state index is -0.130. The van der Waals surface area contributed by atoms with Crippen LogP contribution in [0.5, 0.6) is 0 Å². The Morgan fingerprint density at radius 3 is 2.74 bits per heavy atom. The molecule has 23 heavy (non-hydrogen) atoms. The second-order valence-corrected chi connectivity index (χ2v) is 6.03. The molecule has 1 aliphatic carbocycles. The summed E-state index contributed by atoms with van der Waals surface area (Å²) in [5.41, 5.74) is 1.21. The minimum absolute atomic E-state index is 0.0383. The number of amides is 2. The smallest absolute Gasteiger partial charge is 0.315 e. The van der Waals surface area contributed by atoms with E-state index in [0.29, 0.717) is 6.54 Å². The Balaban J connectivity index is 1.53. The first-order chi connectivity index (χ1) is 11.2. The van der Waals surface area contributed by atoms with Crippen LogP contribution in [0, 0.1) is 5.92 Å². The average Bonchev–Trinajstić information content (AvgIpc) is 3.02. The van der Waals surface area contributed by atoms with Crippen molar-refractivity contribution in [1.29, 1.82) is 0 Å². The van der Waals surface area contributed by atoms with Crippen molar-refractivity contribution in [1.82, 2.24) is 10.6 Å². The van der Waals surface area contributed by atoms with Gasteiger partial charge in [-0.15, -0.1) is 0 Å². The van der Waals surface area contributed by atoms with Gasteiger partial charge in [-0.05, 0) is 31.4 Å². The van der Waals surface area contributed by atoms with Gasteiger partial charge < -0.3 is 20.6 Å². The van der Waals surface area contributed by atoms with Gasteiger partial charge in [0.05, 0.1) is 0 Å². The zero-order chi connectivity index (χ0) is 16.5. The van der Waals surface area contributed by atoms with E-state index in [1.165, 1.54) is 5.69 Å². The Morgan fingerprint density at radius 2 is 2.04 bits per heavy atom. The van der Waals surface area contributed by atoms with E-state index in [-0.39, 0.29) is 24.6 Å². The van der Waals surface area contributed by atoms with Gasteiger partial charge in [-0.1, -0.05) is 30.4 Å². The highest BCUT2D eigenvalue weighted by molar-refractivity contribution is 5.74. The average molecular weight is 317 g/mol. The van der Waals surface area contributed by atoms with E-state index in [9.17, 15) is 4.79 Å². The van der Waals surface area contributed by atoms with Crippen molar-refractivity contribution in [3.05, 3.63) is 42.5 Å². The van der Waals surface area contributed by atoms with Crippen molar-refractivity contribution in [3.63, 3.8) is 0 Å². The van der Waals surface area contributed by atoms with Crippen molar-refractivity contribution in [2.24, 2.45) is 5.92 Å². The highest BCUT2D eigenvalue weighted by atomic mass is 16.3. The van der Waals surface area contributed by atoms with Crippen molar-refractivity contribution >= 4 is 11.7 Å². The van der Waals surface area contributed by atoms with Crippen LogP contribution in [0.15, 0.2) is 42.5 Å². The van der Waals surface area contributed by atoms with Crippen LogP contribution in [-0.2, 0) is 0 Å². The summed E-state index contributed by atoms with van der Waals surface area (Å²) in [6, 6.07) is 10.2. The molecule has 1 aromatic rings. The third-order valence-electron chi connectivity index (χ3n) is 4.13. The van der Waals surface area contributed by atoms with Gasteiger partial charge >= 0.3 is 6.03 Å². The molecule has 0 saturated heterocycles. The number of unbranched alkanes of at least 4 members (excludes halogenated alkanes) is 1. The number of rotatable bonds is 8. The Kier molecular flexibility index (Phi) is 6.94. The molecule has 0 fully saturated rings. The molecule has 5 heteroatoms. The summed E-state index contributed by atoms with van der Waals surface area (Å²) < 4.78 is 0. The van der Waals surface area contributed by atoms with Crippen LogP contribution < -0.4 is 15.5 Å². The maximum Gasteiger partial charge on any atom is 0.315 e. The van der Waals surface area contributed by atoms with Gasteiger partial charge in [0.25, 0.3) is 0 Å². The van der Waals surface area contributed by atoms with E-state index < -0.39 is 0 Å². The number of nitrogens with one attached hydrogen (secondary N) is 2. The Bertz CT molecular complexity index is 504. The van der Waals surface area contributed by atoms with Gasteiger partial charge in [-0.25, -0.2) is 4.79 Å². The van der Waals surface area contributed by atoms with E-state index in [2.05, 4.69) is 34.7 Å². The number of anilines is 1. The topological polar surface area (TPSA) is 64.6 Å². The molecule has 0 aromatic heterocycles. The Hall–Kier alpha value is -2.01. The van der Waals surface area contributed by atoms with E-state index in [4.69, 9.17) is 5.11 Å². The van der Waals surface area contributed by atoms with Crippen molar-refractivity contribution < 1.29 is 9.90 Å². The fourth-order valence-electron chi connectivity index (χ4n) is 2.72. The largest absolute Gasteiger partial charge is 0.396 e. The number of aliphatic hydroxyl groups is 1. The number of carbonyl (C=O) groups excluding carboxylic acids is 1. The lowest BCUT2D eigenvalue weighted by atomic mass is 10.1. The fraction of sp³-hybridized carbons (Fsp3) is 0.500. The van der Waals surface area contributed by atoms with Crippen LogP contribution in [0.3, 0.4) is 0 Å². The van der Waals surface area contributed by atoms with Crippen molar-refractivity contribution in [2.75, 3.05) is 31.6 Å². The number of hydrogen-bond acceptors (Lipinski definition) is 3. The summed E-state index contributed by atoms with van der Waals surface area (Å²) in [5, 5.41) is 14.9. The lowest BCUT2D eigenvalue weighted by Gasteiger charge is -2.19. The third kappa shape index (κ3) is 5.94. The first-order valence-corrected chi connectivity index (χ1v) is 8.29. The van der Waals surface area contributed by atoms with E-state index in [0.717, 1.165) is 25.8 Å². The predicted octanol–water partition coefficient (Wildman–Crippen LogP) is 2.14. The molecule has 0 unspecified atom stereocenters. The summed E-state index contributed by atoms with van der Waals surface area (Å²) in [6.07, 6.45) is 6.68. The molecule has 0 aliphatic heterocycles. The molecular formula is C18H27N3O2. The van der Waals surface area contributed by atoms with E-state index in [1.54, 1.807) is 0 Å². The molecule has 1 aliphatic rings. The minimum Gasteiger partial charge on any atom is -0.396 e. The van der Waals surface area contributed by atoms with E-state index >= 15 is 0 Å². The summed E-state index contributed by atoms with van der Waals surface area (Å²) in [5.74, 6) is 0.175. The van der Waals surface area contributed by atoms with E-state index in [1.807, 2.05) is 30.4 Å². The molecule has 0 bridgehead atoms. The molecule has 0 saturated carbocycles. The first kappa shape index (κ1) is 17.3. The highest BCUT2D eigenvalue weighted by Crippen LogP contribution is 2.16. The second-order valence-electron chi connectivity index (χ2n) is 6.03. The molecule has 5 nitrogen and oxygen atoms in total. The number of aliphatic hydroxyl groups excluding tert-OH is 1. The lowest BCUT2D eigenvalue weighted by Crippen LogP contribution is -2.41. The molecule has 0 spiro atoms. The fourth-order valence-corrected chi connectivity index (χ4v) is 2.72. The summed E-state index contributed by atoms with van der Waals surface area (Å²) in [4.78, 5) is 14.0. The van der Waals surface area contributed by atoms with Crippen molar-refractivity contribution in [2.45, 2.75) is 25.3 Å². The quantitative estimate of drug-likeness (QED) is 0.508. The summed E-state index contributed by atoms with van der Waals surface area (Å²) in [7, 11) is 2.08. The molecule has 0 heterocycles. The Morgan fingerprint density at radius 1 is 1.26 bits per heavy atom. The molecule has 2 amide bonds. The van der Waals surface area contributed by atoms with Gasteiger partial charge in [0.15, 0.2) is 0 Å². The maximum atomic E-state index is 11.8. The number of carbonyl (C=O) groups is 1. The standard InChI is InChI=1S/C18H27N3O2/c1-21(17-7-3-2-4-8-17)12-6-5-11-19-18(23)20-16-10-9-15(13-16)14-22/h2-4,7-10,15-16,22H,5-6,11-14H2,1H3,(H2,19,20,23)/t15-,16+/m0/s1. The van der Waals surface area contributed by atoms with Gasteiger partial charge in [0.2, 0.25) is 0 Å². The molecule has 0 radical (unpaired) electrons. The number of hydrogen-bond donors (Lipinski definition) is 3. The molecule has 1 aromatic carbocycles. The van der Waals surface area contributed by atoms with Crippen LogP contribution >= 0.6 is 0 Å². The maximum absolute atomic E-state index is 11.8. The number of urea groups is 1. The monoisotopic (exact) mass is 317 g/mol. The van der Waals surface area contributed by atoms with Gasteiger partial charge in [0.1, 0.15) is 0 Å². The van der Waals surface area contributed by atoms with Gasteiger partial charge in [-0.3, -0.25) is 0 Å². The van der Waals surface area contributed by atoms with Crippen LogP contribution in [0.2, 0.25) is 0 Å². The summed E-state index contributed by atoms with van der Waals surface area (Å²) >= 11 is 0. The molecule has 2 atom stereocenters. The SMILES string of the molecule is CN(CCCCNC(=O)N[C@@H]1C=C[C@H](CO)C1)c1ccccc1. The predicted molar refractivity (Wildman–Crippen MR) is 93.6 cm³/mol. The summed E-state index contributed by atoms with van der Waals surface area (Å²) in [6.45, 7) is 1.79. The Labute approximate surface area is 138 Å². The lowest BCUT2D eigenvalue weighted by molar-refractivity contribution is 0.231. The second kappa shape index (κ2) is 9.20.